The summed E-state index contributed by atoms with van der Waals surface area (Å²) in [6.07, 6.45) is 4.78. The number of hydrogen-bond donors (Lipinski definition) is 2. The molecule has 0 aliphatic heterocycles. The lowest BCUT2D eigenvalue weighted by molar-refractivity contribution is -0.121. The maximum absolute atomic E-state index is 11.7. The predicted molar refractivity (Wildman–Crippen MR) is 67.3 cm³/mol. The van der Waals surface area contributed by atoms with Crippen LogP contribution in [0.3, 0.4) is 0 Å². The summed E-state index contributed by atoms with van der Waals surface area (Å²) in [6.45, 7) is 8.93. The van der Waals surface area contributed by atoms with E-state index >= 15 is 0 Å². The van der Waals surface area contributed by atoms with Gasteiger partial charge in [0.05, 0.1) is 6.54 Å². The van der Waals surface area contributed by atoms with Crippen LogP contribution in [0, 0.1) is 5.92 Å². The van der Waals surface area contributed by atoms with Crippen molar-refractivity contribution >= 4 is 5.91 Å². The van der Waals surface area contributed by atoms with Crippen LogP contribution in [0.4, 0.5) is 0 Å². The first-order chi connectivity index (χ1) is 7.37. The van der Waals surface area contributed by atoms with Gasteiger partial charge in [0.15, 0.2) is 0 Å². The van der Waals surface area contributed by atoms with Crippen LogP contribution < -0.4 is 10.6 Å². The van der Waals surface area contributed by atoms with E-state index in [1.807, 2.05) is 0 Å². The quantitative estimate of drug-likeness (QED) is 0.773. The van der Waals surface area contributed by atoms with Crippen molar-refractivity contribution in [1.82, 2.24) is 10.6 Å². The Labute approximate surface area is 99.4 Å². The van der Waals surface area contributed by atoms with E-state index in [2.05, 4.69) is 38.3 Å². The molecule has 1 rings (SSSR count). The summed E-state index contributed by atoms with van der Waals surface area (Å²) in [7, 11) is 0. The number of carbonyl (C=O) groups is 1. The van der Waals surface area contributed by atoms with Crippen molar-refractivity contribution < 1.29 is 4.79 Å². The van der Waals surface area contributed by atoms with E-state index < -0.39 is 0 Å². The van der Waals surface area contributed by atoms with Crippen molar-refractivity contribution in [2.75, 3.05) is 6.54 Å². The van der Waals surface area contributed by atoms with Crippen molar-refractivity contribution in [3.05, 3.63) is 0 Å². The van der Waals surface area contributed by atoms with Gasteiger partial charge in [-0.2, -0.15) is 0 Å². The maximum Gasteiger partial charge on any atom is 0.234 e. The molecule has 2 N–H and O–H groups in total. The highest BCUT2D eigenvalue weighted by atomic mass is 16.2. The summed E-state index contributed by atoms with van der Waals surface area (Å²) in [5, 5.41) is 6.32. The van der Waals surface area contributed by atoms with Crippen LogP contribution in [-0.2, 0) is 4.79 Å². The van der Waals surface area contributed by atoms with E-state index in [-0.39, 0.29) is 11.4 Å². The second-order valence-electron chi connectivity index (χ2n) is 6.13. The van der Waals surface area contributed by atoms with Gasteiger partial charge in [-0.1, -0.05) is 6.92 Å². The lowest BCUT2D eigenvalue weighted by Crippen LogP contribution is -2.46. The predicted octanol–water partition coefficient (Wildman–Crippen LogP) is 2.07. The van der Waals surface area contributed by atoms with Crippen LogP contribution in [0.5, 0.6) is 0 Å². The van der Waals surface area contributed by atoms with Crippen molar-refractivity contribution in [1.29, 1.82) is 0 Å². The van der Waals surface area contributed by atoms with E-state index in [1.54, 1.807) is 0 Å². The molecule has 0 unspecified atom stereocenters. The minimum Gasteiger partial charge on any atom is -0.352 e. The van der Waals surface area contributed by atoms with Crippen LogP contribution in [0.25, 0.3) is 0 Å². The summed E-state index contributed by atoms with van der Waals surface area (Å²) in [5.41, 5.74) is 0.0123. The number of carbonyl (C=O) groups excluding carboxylic acids is 1. The second-order valence-corrected chi connectivity index (χ2v) is 6.13. The molecule has 1 aliphatic rings. The largest absolute Gasteiger partial charge is 0.352 e. The van der Waals surface area contributed by atoms with Crippen molar-refractivity contribution in [3.63, 3.8) is 0 Å². The molecular weight excluding hydrogens is 200 g/mol. The average molecular weight is 226 g/mol. The molecule has 0 heterocycles. The average Bonchev–Trinajstić information content (AvgIpc) is 2.18. The molecule has 94 valence electrons. The van der Waals surface area contributed by atoms with Crippen molar-refractivity contribution in [2.45, 2.75) is 65.0 Å². The molecule has 0 atom stereocenters. The van der Waals surface area contributed by atoms with E-state index in [4.69, 9.17) is 0 Å². The van der Waals surface area contributed by atoms with Gasteiger partial charge < -0.3 is 10.6 Å². The Morgan fingerprint density at radius 2 is 1.75 bits per heavy atom. The van der Waals surface area contributed by atoms with Gasteiger partial charge in [0.25, 0.3) is 0 Å². The van der Waals surface area contributed by atoms with Crippen LogP contribution >= 0.6 is 0 Å². The molecule has 16 heavy (non-hydrogen) atoms. The van der Waals surface area contributed by atoms with Gasteiger partial charge in [0, 0.05) is 11.6 Å². The van der Waals surface area contributed by atoms with Crippen LogP contribution in [0.15, 0.2) is 0 Å². The van der Waals surface area contributed by atoms with Gasteiger partial charge in [-0.25, -0.2) is 0 Å². The Kier molecular flexibility index (Phi) is 4.78. The number of amides is 1. The topological polar surface area (TPSA) is 41.1 Å². The normalized spacial score (nSPS) is 26.5. The zero-order valence-corrected chi connectivity index (χ0v) is 11.1. The highest BCUT2D eigenvalue weighted by Crippen LogP contribution is 2.23. The van der Waals surface area contributed by atoms with Crippen molar-refractivity contribution in [2.24, 2.45) is 5.92 Å². The van der Waals surface area contributed by atoms with Gasteiger partial charge in [-0.3, -0.25) is 4.79 Å². The molecule has 1 aliphatic carbocycles. The molecule has 0 radical (unpaired) electrons. The third kappa shape index (κ3) is 5.50. The summed E-state index contributed by atoms with van der Waals surface area (Å²) in [6, 6.07) is 0.408. The summed E-state index contributed by atoms with van der Waals surface area (Å²) >= 11 is 0. The van der Waals surface area contributed by atoms with Crippen LogP contribution in [0.1, 0.15) is 53.4 Å². The van der Waals surface area contributed by atoms with Gasteiger partial charge in [0.1, 0.15) is 0 Å². The lowest BCUT2D eigenvalue weighted by Gasteiger charge is -2.27. The van der Waals surface area contributed by atoms with E-state index in [9.17, 15) is 4.79 Å². The van der Waals surface area contributed by atoms with E-state index in [1.165, 1.54) is 12.8 Å². The minimum atomic E-state index is 0.0123. The van der Waals surface area contributed by atoms with E-state index in [0.717, 1.165) is 18.8 Å². The molecule has 3 heteroatoms. The molecule has 0 aromatic heterocycles. The highest BCUT2D eigenvalue weighted by Gasteiger charge is 2.20. The lowest BCUT2D eigenvalue weighted by atomic mass is 9.87. The zero-order chi connectivity index (χ0) is 12.2. The molecule has 1 fully saturated rings. The third-order valence-electron chi connectivity index (χ3n) is 3.16. The van der Waals surface area contributed by atoms with E-state index in [0.29, 0.717) is 12.6 Å². The Bertz CT molecular complexity index is 225. The molecular formula is C13H26N2O. The first kappa shape index (κ1) is 13.5. The van der Waals surface area contributed by atoms with Crippen molar-refractivity contribution in [3.8, 4) is 0 Å². The molecule has 3 nitrogen and oxygen atoms in total. The SMILES string of the molecule is CC1CCC(NC(=O)CNC(C)(C)C)CC1. The maximum atomic E-state index is 11.7. The first-order valence-corrected chi connectivity index (χ1v) is 6.41. The number of nitrogens with one attached hydrogen (secondary N) is 2. The van der Waals surface area contributed by atoms with Gasteiger partial charge in [-0.15, -0.1) is 0 Å². The highest BCUT2D eigenvalue weighted by molar-refractivity contribution is 5.78. The Morgan fingerprint density at radius 1 is 1.19 bits per heavy atom. The van der Waals surface area contributed by atoms with Crippen LogP contribution in [0.2, 0.25) is 0 Å². The third-order valence-corrected chi connectivity index (χ3v) is 3.16. The smallest absolute Gasteiger partial charge is 0.234 e. The molecule has 0 aromatic rings. The molecule has 0 aromatic carbocycles. The molecule has 1 amide bonds. The van der Waals surface area contributed by atoms with Gasteiger partial charge >= 0.3 is 0 Å². The fraction of sp³-hybridized carbons (Fsp3) is 0.923. The monoisotopic (exact) mass is 226 g/mol. The number of rotatable bonds is 3. The fourth-order valence-electron chi connectivity index (χ4n) is 2.03. The molecule has 0 saturated heterocycles. The Hall–Kier alpha value is -0.570. The Morgan fingerprint density at radius 3 is 2.25 bits per heavy atom. The molecule has 0 spiro atoms. The number of hydrogen-bond acceptors (Lipinski definition) is 2. The van der Waals surface area contributed by atoms with Gasteiger partial charge in [-0.05, 0) is 52.4 Å². The van der Waals surface area contributed by atoms with Gasteiger partial charge in [0.2, 0.25) is 5.91 Å². The molecule has 0 bridgehead atoms. The Balaban J connectivity index is 2.19. The summed E-state index contributed by atoms with van der Waals surface area (Å²) in [4.78, 5) is 11.7. The first-order valence-electron chi connectivity index (χ1n) is 6.41. The summed E-state index contributed by atoms with van der Waals surface area (Å²) in [5.74, 6) is 0.968. The fourth-order valence-corrected chi connectivity index (χ4v) is 2.03. The minimum absolute atomic E-state index is 0.0123. The zero-order valence-electron chi connectivity index (χ0n) is 11.1. The molecule has 1 saturated carbocycles. The second kappa shape index (κ2) is 5.67. The summed E-state index contributed by atoms with van der Waals surface area (Å²) < 4.78 is 0. The standard InChI is InChI=1S/C13H26N2O/c1-10-5-7-11(8-6-10)15-12(16)9-14-13(2,3)4/h10-11,14H,5-9H2,1-4H3,(H,15,16). The van der Waals surface area contributed by atoms with Crippen LogP contribution in [-0.4, -0.2) is 24.0 Å².